The van der Waals surface area contributed by atoms with Crippen LogP contribution in [0, 0.1) is 10.1 Å². The van der Waals surface area contributed by atoms with Gasteiger partial charge in [0.25, 0.3) is 11.6 Å². The second-order valence-electron chi connectivity index (χ2n) is 10.4. The molecule has 1 aromatic heterocycles. The number of carbonyl (C=O) groups excluding carboxylic acids is 1. The monoisotopic (exact) mass is 618 g/mol. The van der Waals surface area contributed by atoms with Gasteiger partial charge in [0.15, 0.2) is 17.3 Å². The molecule has 1 unspecified atom stereocenters. The molecule has 0 spiro atoms. The standard InChI is InChI=1S/C34H30N6O6/c1-21-30(33(41)36-26-14-7-8-15-27(26)44-2)31(23-16-17-28(29(19-23)45-3)46-20-22-10-5-4-6-11-22)39-34(35-21)37-32(38-39)24-12-9-13-25(18-24)40(42)43/h4-19,31H,20H2,1-3H3,(H,36,41)(H,35,37,38). The molecule has 1 aliphatic rings. The number of nitro groups is 1. The van der Waals surface area contributed by atoms with Crippen molar-refractivity contribution in [2.45, 2.75) is 19.6 Å². The maximum Gasteiger partial charge on any atom is 0.270 e. The fraction of sp³-hybridized carbons (Fsp3) is 0.147. The van der Waals surface area contributed by atoms with Crippen LogP contribution in [-0.4, -0.2) is 39.8 Å². The Hall–Kier alpha value is -6.17. The molecule has 232 valence electrons. The number of benzene rings is 4. The van der Waals surface area contributed by atoms with Gasteiger partial charge in [0.1, 0.15) is 18.4 Å². The summed E-state index contributed by atoms with van der Waals surface area (Å²) in [4.78, 5) is 29.7. The molecule has 4 aromatic carbocycles. The number of allylic oxidation sites excluding steroid dienone is 1. The van der Waals surface area contributed by atoms with Crippen molar-refractivity contribution < 1.29 is 23.9 Å². The summed E-state index contributed by atoms with van der Waals surface area (Å²) in [7, 11) is 3.08. The van der Waals surface area contributed by atoms with Gasteiger partial charge in [0.05, 0.1) is 30.4 Å². The first-order valence-corrected chi connectivity index (χ1v) is 14.3. The molecular formula is C34H30N6O6. The number of non-ortho nitro benzene ring substituents is 1. The molecular weight excluding hydrogens is 588 g/mol. The number of methoxy groups -OCH3 is 2. The third-order valence-electron chi connectivity index (χ3n) is 7.51. The summed E-state index contributed by atoms with van der Waals surface area (Å²) in [6.45, 7) is 2.12. The Balaban J connectivity index is 1.42. The molecule has 0 saturated carbocycles. The molecule has 6 rings (SSSR count). The van der Waals surface area contributed by atoms with Gasteiger partial charge in [0, 0.05) is 23.4 Å². The highest BCUT2D eigenvalue weighted by atomic mass is 16.6. The van der Waals surface area contributed by atoms with E-state index in [0.717, 1.165) is 5.56 Å². The van der Waals surface area contributed by atoms with E-state index in [2.05, 4.69) is 15.6 Å². The van der Waals surface area contributed by atoms with Gasteiger partial charge in [-0.05, 0) is 42.3 Å². The molecule has 12 heteroatoms. The van der Waals surface area contributed by atoms with Gasteiger partial charge in [-0.1, -0.05) is 60.7 Å². The topological polar surface area (TPSA) is 143 Å². The zero-order valence-electron chi connectivity index (χ0n) is 25.3. The van der Waals surface area contributed by atoms with Gasteiger partial charge < -0.3 is 24.8 Å². The van der Waals surface area contributed by atoms with Crippen LogP contribution in [-0.2, 0) is 11.4 Å². The third kappa shape index (κ3) is 5.95. The first-order chi connectivity index (χ1) is 22.4. The number of hydrogen-bond acceptors (Lipinski definition) is 9. The second kappa shape index (κ2) is 12.8. The van der Waals surface area contributed by atoms with E-state index in [9.17, 15) is 14.9 Å². The minimum Gasteiger partial charge on any atom is -0.495 e. The number of rotatable bonds is 10. The summed E-state index contributed by atoms with van der Waals surface area (Å²) in [5.41, 5.74) is 3.46. The molecule has 0 aliphatic carbocycles. The van der Waals surface area contributed by atoms with Crippen LogP contribution in [0.3, 0.4) is 0 Å². The number of amides is 1. The van der Waals surface area contributed by atoms with E-state index >= 15 is 0 Å². The van der Waals surface area contributed by atoms with Gasteiger partial charge in [-0.15, -0.1) is 5.10 Å². The Kier molecular flexibility index (Phi) is 8.33. The van der Waals surface area contributed by atoms with Crippen LogP contribution in [0.15, 0.2) is 108 Å². The molecule has 1 amide bonds. The fourth-order valence-electron chi connectivity index (χ4n) is 5.28. The molecule has 2 N–H and O–H groups in total. The highest BCUT2D eigenvalue weighted by Gasteiger charge is 2.35. The van der Waals surface area contributed by atoms with Crippen molar-refractivity contribution in [2.75, 3.05) is 24.9 Å². The number of aromatic nitrogens is 3. The first-order valence-electron chi connectivity index (χ1n) is 14.3. The number of para-hydroxylation sites is 2. The van der Waals surface area contributed by atoms with E-state index in [-0.39, 0.29) is 17.4 Å². The maximum atomic E-state index is 14.1. The molecule has 2 heterocycles. The number of hydrogen-bond donors (Lipinski definition) is 2. The molecule has 1 atom stereocenters. The van der Waals surface area contributed by atoms with Crippen LogP contribution in [0.2, 0.25) is 0 Å². The van der Waals surface area contributed by atoms with Crippen LogP contribution < -0.4 is 24.8 Å². The highest BCUT2D eigenvalue weighted by molar-refractivity contribution is 6.06. The number of nitrogens with one attached hydrogen (secondary N) is 2. The smallest absolute Gasteiger partial charge is 0.270 e. The molecule has 1 aliphatic heterocycles. The lowest BCUT2D eigenvalue weighted by atomic mass is 9.94. The number of anilines is 2. The van der Waals surface area contributed by atoms with Gasteiger partial charge in [0.2, 0.25) is 5.95 Å². The lowest BCUT2D eigenvalue weighted by Gasteiger charge is -2.29. The Morgan fingerprint density at radius 3 is 2.46 bits per heavy atom. The molecule has 0 radical (unpaired) electrons. The number of nitro benzene ring substituents is 1. The SMILES string of the molecule is COc1ccccc1NC(=O)C1=C(C)Nc2nc(-c3cccc([N+](=O)[O-])c3)nn2C1c1ccc(OCc2ccccc2)c(OC)c1. The van der Waals surface area contributed by atoms with Crippen molar-refractivity contribution in [3.63, 3.8) is 0 Å². The minimum atomic E-state index is -0.761. The van der Waals surface area contributed by atoms with Gasteiger partial charge in [-0.25, -0.2) is 4.68 Å². The van der Waals surface area contributed by atoms with Gasteiger partial charge in [-0.2, -0.15) is 4.98 Å². The highest BCUT2D eigenvalue weighted by Crippen LogP contribution is 2.40. The zero-order valence-corrected chi connectivity index (χ0v) is 25.3. The van der Waals surface area contributed by atoms with E-state index in [4.69, 9.17) is 19.3 Å². The Morgan fingerprint density at radius 1 is 0.935 bits per heavy atom. The van der Waals surface area contributed by atoms with Crippen molar-refractivity contribution in [1.29, 1.82) is 0 Å². The Bertz CT molecular complexity index is 1960. The zero-order chi connectivity index (χ0) is 32.2. The average Bonchev–Trinajstić information content (AvgIpc) is 3.51. The quantitative estimate of drug-likeness (QED) is 0.135. The number of nitrogens with zero attached hydrogens (tertiary/aromatic N) is 4. The lowest BCUT2D eigenvalue weighted by Crippen LogP contribution is -2.31. The Labute approximate surface area is 264 Å². The summed E-state index contributed by atoms with van der Waals surface area (Å²) < 4.78 is 18.9. The van der Waals surface area contributed by atoms with Gasteiger partial charge >= 0.3 is 0 Å². The first kappa shape index (κ1) is 29.9. The Morgan fingerprint density at radius 2 is 1.70 bits per heavy atom. The predicted molar refractivity (Wildman–Crippen MR) is 172 cm³/mol. The van der Waals surface area contributed by atoms with E-state index in [1.54, 1.807) is 61.2 Å². The van der Waals surface area contributed by atoms with Crippen molar-refractivity contribution in [2.24, 2.45) is 0 Å². The van der Waals surface area contributed by atoms with Crippen molar-refractivity contribution in [3.8, 4) is 28.6 Å². The van der Waals surface area contributed by atoms with E-state index < -0.39 is 11.0 Å². The van der Waals surface area contributed by atoms with E-state index in [0.29, 0.717) is 57.9 Å². The van der Waals surface area contributed by atoms with Crippen molar-refractivity contribution in [3.05, 3.63) is 130 Å². The molecule has 5 aromatic rings. The molecule has 0 bridgehead atoms. The molecule has 46 heavy (non-hydrogen) atoms. The summed E-state index contributed by atoms with van der Waals surface area (Å²) in [5.74, 6) is 1.73. The molecule has 12 nitrogen and oxygen atoms in total. The molecule has 0 saturated heterocycles. The van der Waals surface area contributed by atoms with Crippen LogP contribution in [0.1, 0.15) is 24.1 Å². The van der Waals surface area contributed by atoms with Crippen molar-refractivity contribution in [1.82, 2.24) is 14.8 Å². The normalized spacial score (nSPS) is 13.8. The van der Waals surface area contributed by atoms with E-state index in [1.165, 1.54) is 19.2 Å². The molecule has 0 fully saturated rings. The predicted octanol–water partition coefficient (Wildman–Crippen LogP) is 6.38. The summed E-state index contributed by atoms with van der Waals surface area (Å²) in [6.07, 6.45) is 0. The van der Waals surface area contributed by atoms with Gasteiger partial charge in [-0.3, -0.25) is 14.9 Å². The number of carbonyl (C=O) groups is 1. The van der Waals surface area contributed by atoms with Crippen molar-refractivity contribution >= 4 is 23.2 Å². The summed E-state index contributed by atoms with van der Waals surface area (Å²) in [5, 5.41) is 22.4. The number of ether oxygens (including phenoxy) is 3. The largest absolute Gasteiger partial charge is 0.495 e. The third-order valence-corrected chi connectivity index (χ3v) is 7.51. The summed E-state index contributed by atoms with van der Waals surface area (Å²) >= 11 is 0. The van der Waals surface area contributed by atoms with Crippen LogP contribution in [0.4, 0.5) is 17.3 Å². The second-order valence-corrected chi connectivity index (χ2v) is 10.4. The maximum absolute atomic E-state index is 14.1. The lowest BCUT2D eigenvalue weighted by molar-refractivity contribution is -0.384. The fourth-order valence-corrected chi connectivity index (χ4v) is 5.28. The van der Waals surface area contributed by atoms with Crippen LogP contribution >= 0.6 is 0 Å². The van der Waals surface area contributed by atoms with Crippen LogP contribution in [0.25, 0.3) is 11.4 Å². The van der Waals surface area contributed by atoms with Crippen LogP contribution in [0.5, 0.6) is 17.2 Å². The number of fused-ring (bicyclic) bond motifs is 1. The van der Waals surface area contributed by atoms with E-state index in [1.807, 2.05) is 42.5 Å². The minimum absolute atomic E-state index is 0.0863. The average molecular weight is 619 g/mol. The summed E-state index contributed by atoms with van der Waals surface area (Å²) in [6, 6.07) is 27.7.